The third-order valence-electron chi connectivity index (χ3n) is 7.80. The Hall–Kier alpha value is -2.27. The van der Waals surface area contributed by atoms with Crippen LogP contribution in [0.4, 0.5) is 13.2 Å². The van der Waals surface area contributed by atoms with Crippen molar-refractivity contribution in [2.45, 2.75) is 89.3 Å². The van der Waals surface area contributed by atoms with Crippen molar-refractivity contribution in [3.63, 3.8) is 0 Å². The van der Waals surface area contributed by atoms with Gasteiger partial charge in [0.15, 0.2) is 23.2 Å². The first-order valence-electron chi connectivity index (χ1n) is 13.1. The van der Waals surface area contributed by atoms with E-state index in [4.69, 9.17) is 9.47 Å². The Labute approximate surface area is 207 Å². The smallest absolute Gasteiger partial charge is 0.165 e. The van der Waals surface area contributed by atoms with Gasteiger partial charge < -0.3 is 9.47 Å². The van der Waals surface area contributed by atoms with E-state index < -0.39 is 11.6 Å². The number of rotatable bonds is 9. The van der Waals surface area contributed by atoms with Gasteiger partial charge in [-0.15, -0.1) is 6.58 Å². The van der Waals surface area contributed by atoms with Crippen LogP contribution in [-0.2, 0) is 11.3 Å². The summed E-state index contributed by atoms with van der Waals surface area (Å²) in [5, 5.41) is 0. The lowest BCUT2D eigenvalue weighted by Gasteiger charge is -2.29. The van der Waals surface area contributed by atoms with Gasteiger partial charge in [-0.05, 0) is 86.0 Å². The molecule has 2 fully saturated rings. The Morgan fingerprint density at radius 3 is 2.29 bits per heavy atom. The maximum Gasteiger partial charge on any atom is 0.165 e. The third kappa shape index (κ3) is 6.49. The topological polar surface area (TPSA) is 18.5 Å². The second-order valence-corrected chi connectivity index (χ2v) is 10.3. The minimum absolute atomic E-state index is 0.000392. The van der Waals surface area contributed by atoms with Crippen LogP contribution in [0.5, 0.6) is 5.75 Å². The van der Waals surface area contributed by atoms with Crippen LogP contribution in [0.3, 0.4) is 0 Å². The molecule has 35 heavy (non-hydrogen) atoms. The fourth-order valence-electron chi connectivity index (χ4n) is 5.51. The van der Waals surface area contributed by atoms with Gasteiger partial charge in [0.1, 0.15) is 0 Å². The van der Waals surface area contributed by atoms with Crippen LogP contribution >= 0.6 is 0 Å². The number of ether oxygens (including phenoxy) is 2. The summed E-state index contributed by atoms with van der Waals surface area (Å²) in [6.45, 7) is 6.34. The fraction of sp³-hybridized carbons (Fsp3) is 0.533. The summed E-state index contributed by atoms with van der Waals surface area (Å²) in [7, 11) is 0. The zero-order valence-electron chi connectivity index (χ0n) is 20.7. The molecule has 4 rings (SSSR count). The molecule has 5 heteroatoms. The molecule has 0 N–H and O–H groups in total. The molecule has 2 saturated carbocycles. The summed E-state index contributed by atoms with van der Waals surface area (Å²) < 4.78 is 55.5. The fourth-order valence-corrected chi connectivity index (χ4v) is 5.51. The Balaban J connectivity index is 1.27. The Bertz CT molecular complexity index is 989. The third-order valence-corrected chi connectivity index (χ3v) is 7.80. The normalized spacial score (nSPS) is 24.8. The number of hydrogen-bond donors (Lipinski definition) is 0. The summed E-state index contributed by atoms with van der Waals surface area (Å²) >= 11 is 0. The number of halogens is 3. The van der Waals surface area contributed by atoms with Crippen LogP contribution in [0.25, 0.3) is 0 Å². The number of hydrogen-bond acceptors (Lipinski definition) is 2. The van der Waals surface area contributed by atoms with E-state index in [2.05, 4.69) is 13.5 Å². The molecular formula is C30H37F3O2. The van der Waals surface area contributed by atoms with Gasteiger partial charge in [0.25, 0.3) is 0 Å². The van der Waals surface area contributed by atoms with Gasteiger partial charge in [-0.1, -0.05) is 44.0 Å². The monoisotopic (exact) mass is 486 g/mol. The van der Waals surface area contributed by atoms with Gasteiger partial charge in [0.2, 0.25) is 0 Å². The zero-order chi connectivity index (χ0) is 24.8. The molecule has 0 amide bonds. The lowest BCUT2D eigenvalue weighted by atomic mass is 9.79. The molecule has 0 saturated heterocycles. The van der Waals surface area contributed by atoms with E-state index in [1.54, 1.807) is 30.3 Å². The predicted octanol–water partition coefficient (Wildman–Crippen LogP) is 8.60. The highest BCUT2D eigenvalue weighted by Crippen LogP contribution is 2.38. The lowest BCUT2D eigenvalue weighted by Crippen LogP contribution is -2.21. The van der Waals surface area contributed by atoms with E-state index >= 15 is 0 Å². The van der Waals surface area contributed by atoms with Crippen LogP contribution in [0.15, 0.2) is 43.0 Å². The molecular weight excluding hydrogens is 449 g/mol. The van der Waals surface area contributed by atoms with Crippen LogP contribution in [-0.4, -0.2) is 12.7 Å². The molecule has 0 radical (unpaired) electrons. The van der Waals surface area contributed by atoms with E-state index in [1.165, 1.54) is 0 Å². The molecule has 0 aromatic heterocycles. The first-order chi connectivity index (χ1) is 17.0. The summed E-state index contributed by atoms with van der Waals surface area (Å²) in [6.07, 6.45) is 9.76. The lowest BCUT2D eigenvalue weighted by molar-refractivity contribution is 0.0118. The molecule has 0 aliphatic heterocycles. The SMILES string of the molecule is C=CCCOc1ccc(C2CCC(OCc3ccc(C4CCC(C)CC4)c(F)c3F)CC2)cc1F. The minimum Gasteiger partial charge on any atom is -0.490 e. The van der Waals surface area contributed by atoms with Crippen molar-refractivity contribution in [1.29, 1.82) is 0 Å². The molecule has 190 valence electrons. The Morgan fingerprint density at radius 1 is 0.886 bits per heavy atom. The van der Waals surface area contributed by atoms with E-state index in [-0.39, 0.29) is 41.7 Å². The minimum atomic E-state index is -0.763. The summed E-state index contributed by atoms with van der Waals surface area (Å²) in [5.74, 6) is -0.489. The largest absolute Gasteiger partial charge is 0.490 e. The van der Waals surface area contributed by atoms with Crippen molar-refractivity contribution >= 4 is 0 Å². The highest BCUT2D eigenvalue weighted by Gasteiger charge is 2.26. The van der Waals surface area contributed by atoms with Gasteiger partial charge in [-0.3, -0.25) is 0 Å². The van der Waals surface area contributed by atoms with Crippen molar-refractivity contribution in [2.75, 3.05) is 6.61 Å². The standard InChI is InChI=1S/C30H37F3O2/c1-3-4-17-34-28-16-12-23(18-27(28)31)21-9-13-25(14-10-21)35-19-24-11-15-26(30(33)29(24)32)22-7-5-20(2)6-8-22/h3,11-12,15-16,18,20-22,25H,1,4-10,13-14,17,19H2,2H3. The molecule has 0 heterocycles. The van der Waals surface area contributed by atoms with E-state index in [9.17, 15) is 13.2 Å². The molecule has 2 nitrogen and oxygen atoms in total. The van der Waals surface area contributed by atoms with Crippen LogP contribution in [0, 0.1) is 23.4 Å². The average molecular weight is 487 g/mol. The van der Waals surface area contributed by atoms with E-state index in [0.29, 0.717) is 24.5 Å². The van der Waals surface area contributed by atoms with E-state index in [0.717, 1.165) is 56.9 Å². The molecule has 0 atom stereocenters. The molecule has 0 unspecified atom stereocenters. The van der Waals surface area contributed by atoms with Crippen molar-refractivity contribution in [1.82, 2.24) is 0 Å². The van der Waals surface area contributed by atoms with Gasteiger partial charge >= 0.3 is 0 Å². The van der Waals surface area contributed by atoms with Crippen molar-refractivity contribution in [2.24, 2.45) is 5.92 Å². The molecule has 0 spiro atoms. The molecule has 2 aromatic rings. The summed E-state index contributed by atoms with van der Waals surface area (Å²) in [6, 6.07) is 8.66. The molecule has 0 bridgehead atoms. The number of benzene rings is 2. The Kier molecular flexibility index (Phi) is 8.94. The zero-order valence-corrected chi connectivity index (χ0v) is 20.7. The first kappa shape index (κ1) is 25.8. The van der Waals surface area contributed by atoms with Crippen LogP contribution in [0.1, 0.15) is 93.2 Å². The second-order valence-electron chi connectivity index (χ2n) is 10.3. The van der Waals surface area contributed by atoms with Crippen LogP contribution < -0.4 is 4.74 Å². The summed E-state index contributed by atoms with van der Waals surface area (Å²) in [5.41, 5.74) is 1.77. The first-order valence-corrected chi connectivity index (χ1v) is 13.1. The second kappa shape index (κ2) is 12.1. The highest BCUT2D eigenvalue weighted by atomic mass is 19.2. The maximum absolute atomic E-state index is 14.8. The molecule has 2 aliphatic carbocycles. The van der Waals surface area contributed by atoms with Crippen molar-refractivity contribution in [3.8, 4) is 5.75 Å². The van der Waals surface area contributed by atoms with Gasteiger partial charge in [0, 0.05) is 5.56 Å². The van der Waals surface area contributed by atoms with Crippen molar-refractivity contribution in [3.05, 3.63) is 77.1 Å². The maximum atomic E-state index is 14.8. The quantitative estimate of drug-likeness (QED) is 0.261. The Morgan fingerprint density at radius 2 is 1.60 bits per heavy atom. The highest BCUT2D eigenvalue weighted by molar-refractivity contribution is 5.32. The average Bonchev–Trinajstić information content (AvgIpc) is 2.87. The molecule has 2 aliphatic rings. The van der Waals surface area contributed by atoms with Crippen molar-refractivity contribution < 1.29 is 22.6 Å². The molecule has 2 aromatic carbocycles. The van der Waals surface area contributed by atoms with Gasteiger partial charge in [-0.25, -0.2) is 13.2 Å². The van der Waals surface area contributed by atoms with Gasteiger partial charge in [-0.2, -0.15) is 0 Å². The van der Waals surface area contributed by atoms with Crippen LogP contribution in [0.2, 0.25) is 0 Å². The van der Waals surface area contributed by atoms with Gasteiger partial charge in [0.05, 0.1) is 19.3 Å². The summed E-state index contributed by atoms with van der Waals surface area (Å²) in [4.78, 5) is 0. The van der Waals surface area contributed by atoms with E-state index in [1.807, 2.05) is 6.07 Å². The predicted molar refractivity (Wildman–Crippen MR) is 133 cm³/mol.